The van der Waals surface area contributed by atoms with Gasteiger partial charge in [-0.2, -0.15) is 0 Å². The molecule has 3 rings (SSSR count). The molecular weight excluding hydrogens is 357 g/mol. The van der Waals surface area contributed by atoms with E-state index >= 15 is 0 Å². The van der Waals surface area contributed by atoms with Gasteiger partial charge in [0.15, 0.2) is 0 Å². The van der Waals surface area contributed by atoms with Crippen molar-refractivity contribution in [3.05, 3.63) is 64.2 Å². The van der Waals surface area contributed by atoms with Gasteiger partial charge in [-0.3, -0.25) is 14.6 Å². The molecule has 0 unspecified atom stereocenters. The number of halogens is 1. The van der Waals surface area contributed by atoms with Gasteiger partial charge in [-0.1, -0.05) is 0 Å². The average molecular weight is 383 g/mol. The van der Waals surface area contributed by atoms with E-state index in [9.17, 15) is 14.0 Å². The molecule has 1 saturated carbocycles. The van der Waals surface area contributed by atoms with Crippen LogP contribution in [0.25, 0.3) is 0 Å². The molecular formula is C22H26FN3O2. The number of hydrogen-bond acceptors (Lipinski definition) is 3. The summed E-state index contributed by atoms with van der Waals surface area (Å²) in [4.78, 5) is 28.6. The molecule has 0 saturated heterocycles. The minimum absolute atomic E-state index is 0.0643. The second-order valence-electron chi connectivity index (χ2n) is 7.66. The molecule has 1 aromatic heterocycles. The Labute approximate surface area is 164 Å². The van der Waals surface area contributed by atoms with Crippen LogP contribution in [-0.2, 0) is 12.8 Å². The zero-order valence-electron chi connectivity index (χ0n) is 16.5. The first-order valence-corrected chi connectivity index (χ1v) is 9.69. The van der Waals surface area contributed by atoms with Crippen LogP contribution in [0.1, 0.15) is 64.2 Å². The van der Waals surface area contributed by atoms with Crippen molar-refractivity contribution in [2.75, 3.05) is 0 Å². The molecule has 2 N–H and O–H groups in total. The Morgan fingerprint density at radius 1 is 1.14 bits per heavy atom. The van der Waals surface area contributed by atoms with Crippen LogP contribution in [0.2, 0.25) is 0 Å². The summed E-state index contributed by atoms with van der Waals surface area (Å²) in [6.07, 6.45) is 4.70. The molecule has 0 bridgehead atoms. The van der Waals surface area contributed by atoms with E-state index < -0.39 is 0 Å². The highest BCUT2D eigenvalue weighted by molar-refractivity contribution is 5.95. The average Bonchev–Trinajstić information content (AvgIpc) is 3.46. The van der Waals surface area contributed by atoms with E-state index in [-0.39, 0.29) is 29.7 Å². The van der Waals surface area contributed by atoms with Crippen molar-refractivity contribution >= 4 is 11.8 Å². The number of carbonyl (C=O) groups is 2. The topological polar surface area (TPSA) is 71.1 Å². The Kier molecular flexibility index (Phi) is 6.07. The Morgan fingerprint density at radius 2 is 1.89 bits per heavy atom. The van der Waals surface area contributed by atoms with E-state index in [0.29, 0.717) is 29.5 Å². The molecule has 28 heavy (non-hydrogen) atoms. The molecule has 1 heterocycles. The highest BCUT2D eigenvalue weighted by atomic mass is 19.1. The molecule has 0 aliphatic heterocycles. The number of pyridine rings is 1. The summed E-state index contributed by atoms with van der Waals surface area (Å²) >= 11 is 0. The summed E-state index contributed by atoms with van der Waals surface area (Å²) in [6.45, 7) is 5.53. The van der Waals surface area contributed by atoms with Crippen LogP contribution >= 0.6 is 0 Å². The first-order valence-electron chi connectivity index (χ1n) is 9.69. The number of nitrogens with zero attached hydrogens (tertiary/aromatic N) is 1. The van der Waals surface area contributed by atoms with Crippen LogP contribution in [0.3, 0.4) is 0 Å². The lowest BCUT2D eigenvalue weighted by Crippen LogP contribution is -2.30. The fourth-order valence-corrected chi connectivity index (χ4v) is 2.94. The number of nitrogens with one attached hydrogen (secondary N) is 2. The summed E-state index contributed by atoms with van der Waals surface area (Å²) in [5.74, 6) is -0.741. The third-order valence-corrected chi connectivity index (χ3v) is 4.78. The molecule has 6 heteroatoms. The monoisotopic (exact) mass is 383 g/mol. The van der Waals surface area contributed by atoms with Crippen molar-refractivity contribution in [1.82, 2.24) is 15.6 Å². The number of hydrogen-bond donors (Lipinski definition) is 2. The number of aromatic nitrogens is 1. The Morgan fingerprint density at radius 3 is 2.50 bits per heavy atom. The Bertz CT molecular complexity index is 874. The van der Waals surface area contributed by atoms with Gasteiger partial charge in [0.1, 0.15) is 5.82 Å². The quantitative estimate of drug-likeness (QED) is 0.770. The van der Waals surface area contributed by atoms with Crippen LogP contribution < -0.4 is 10.6 Å². The first-order chi connectivity index (χ1) is 13.3. The Balaban J connectivity index is 1.67. The van der Waals surface area contributed by atoms with Crippen LogP contribution in [0.15, 0.2) is 30.5 Å². The van der Waals surface area contributed by atoms with Gasteiger partial charge < -0.3 is 10.6 Å². The maximum Gasteiger partial charge on any atom is 0.253 e. The first kappa shape index (κ1) is 20.0. The molecule has 1 aliphatic rings. The fraction of sp³-hybridized carbons (Fsp3) is 0.409. The lowest BCUT2D eigenvalue weighted by Gasteiger charge is -2.11. The van der Waals surface area contributed by atoms with Crippen molar-refractivity contribution < 1.29 is 14.0 Å². The van der Waals surface area contributed by atoms with Crippen LogP contribution in [0, 0.1) is 12.7 Å². The van der Waals surface area contributed by atoms with Gasteiger partial charge in [-0.05, 0) is 81.8 Å². The highest BCUT2D eigenvalue weighted by Crippen LogP contribution is 2.21. The summed E-state index contributed by atoms with van der Waals surface area (Å²) in [5.41, 5.74) is 3.03. The zero-order chi connectivity index (χ0) is 20.3. The van der Waals surface area contributed by atoms with Gasteiger partial charge in [0.05, 0.1) is 5.56 Å². The lowest BCUT2D eigenvalue weighted by atomic mass is 9.98. The third kappa shape index (κ3) is 5.15. The van der Waals surface area contributed by atoms with Gasteiger partial charge in [-0.25, -0.2) is 4.39 Å². The van der Waals surface area contributed by atoms with E-state index in [4.69, 9.17) is 0 Å². The van der Waals surface area contributed by atoms with Crippen molar-refractivity contribution in [2.45, 2.75) is 58.5 Å². The smallest absolute Gasteiger partial charge is 0.253 e. The number of aryl methyl sites for hydroxylation is 2. The number of amides is 2. The summed E-state index contributed by atoms with van der Waals surface area (Å²) in [7, 11) is 0. The van der Waals surface area contributed by atoms with E-state index in [2.05, 4.69) is 15.6 Å². The van der Waals surface area contributed by atoms with Crippen LogP contribution in [0.5, 0.6) is 0 Å². The Hall–Kier alpha value is -2.76. The maximum atomic E-state index is 14.3. The van der Waals surface area contributed by atoms with Crippen LogP contribution in [0.4, 0.5) is 4.39 Å². The standard InChI is InChI=1S/C22H26FN3O2/c1-13(2)25-21(27)16-5-7-18(24-12-16)6-4-15-10-17(11-20(23)14(15)3)22(28)26-19-8-9-19/h5,7,10-13,19H,4,6,8-9H2,1-3H3,(H,25,27)(H,26,28). The molecule has 1 aromatic carbocycles. The van der Waals surface area contributed by atoms with E-state index in [1.54, 1.807) is 25.3 Å². The van der Waals surface area contributed by atoms with Crippen molar-refractivity contribution in [1.29, 1.82) is 0 Å². The summed E-state index contributed by atoms with van der Waals surface area (Å²) in [6, 6.07) is 6.92. The lowest BCUT2D eigenvalue weighted by molar-refractivity contribution is 0.0937. The third-order valence-electron chi connectivity index (χ3n) is 4.78. The molecule has 0 atom stereocenters. The van der Waals surface area contributed by atoms with E-state index in [0.717, 1.165) is 24.1 Å². The van der Waals surface area contributed by atoms with E-state index in [1.807, 2.05) is 19.9 Å². The largest absolute Gasteiger partial charge is 0.350 e. The van der Waals surface area contributed by atoms with Crippen molar-refractivity contribution in [3.63, 3.8) is 0 Å². The normalized spacial score (nSPS) is 13.5. The predicted octanol–water partition coefficient (Wildman–Crippen LogP) is 3.34. The van der Waals surface area contributed by atoms with Gasteiger partial charge in [-0.15, -0.1) is 0 Å². The van der Waals surface area contributed by atoms with E-state index in [1.165, 1.54) is 6.07 Å². The van der Waals surface area contributed by atoms with Crippen molar-refractivity contribution in [3.8, 4) is 0 Å². The van der Waals surface area contributed by atoms with Crippen LogP contribution in [-0.4, -0.2) is 28.9 Å². The minimum atomic E-state index is -0.368. The molecule has 148 valence electrons. The summed E-state index contributed by atoms with van der Waals surface area (Å²) in [5, 5.41) is 5.72. The van der Waals surface area contributed by atoms with Gasteiger partial charge in [0, 0.05) is 29.5 Å². The van der Waals surface area contributed by atoms with Gasteiger partial charge >= 0.3 is 0 Å². The highest BCUT2D eigenvalue weighted by Gasteiger charge is 2.24. The number of benzene rings is 1. The summed E-state index contributed by atoms with van der Waals surface area (Å²) < 4.78 is 14.3. The second kappa shape index (κ2) is 8.50. The zero-order valence-corrected chi connectivity index (χ0v) is 16.5. The second-order valence-corrected chi connectivity index (χ2v) is 7.66. The molecule has 1 aliphatic carbocycles. The molecule has 5 nitrogen and oxygen atoms in total. The SMILES string of the molecule is Cc1c(F)cc(C(=O)NC2CC2)cc1CCc1ccc(C(=O)NC(C)C)cn1. The predicted molar refractivity (Wildman–Crippen MR) is 106 cm³/mol. The molecule has 2 aromatic rings. The molecule has 0 spiro atoms. The molecule has 2 amide bonds. The maximum absolute atomic E-state index is 14.3. The number of carbonyl (C=O) groups excluding carboxylic acids is 2. The number of rotatable bonds is 7. The molecule has 0 radical (unpaired) electrons. The van der Waals surface area contributed by atoms with Gasteiger partial charge in [0.2, 0.25) is 0 Å². The van der Waals surface area contributed by atoms with Gasteiger partial charge in [0.25, 0.3) is 11.8 Å². The fourth-order valence-electron chi connectivity index (χ4n) is 2.94. The minimum Gasteiger partial charge on any atom is -0.350 e. The molecule has 1 fully saturated rings. The van der Waals surface area contributed by atoms with Crippen molar-refractivity contribution in [2.24, 2.45) is 0 Å².